The third-order valence-corrected chi connectivity index (χ3v) is 2.90. The van der Waals surface area contributed by atoms with Gasteiger partial charge in [0.1, 0.15) is 0 Å². The lowest BCUT2D eigenvalue weighted by Gasteiger charge is -2.29. The minimum absolute atomic E-state index is 0.00801. The fourth-order valence-electron chi connectivity index (χ4n) is 2.09. The summed E-state index contributed by atoms with van der Waals surface area (Å²) < 4.78 is 1.68. The van der Waals surface area contributed by atoms with Crippen LogP contribution in [0.2, 0.25) is 0 Å². The lowest BCUT2D eigenvalue weighted by molar-refractivity contribution is 0.705. The normalized spacial score (nSPS) is 13.2. The highest BCUT2D eigenvalue weighted by Gasteiger charge is 2.20. The van der Waals surface area contributed by atoms with Gasteiger partial charge in [-0.1, -0.05) is 18.2 Å². The molecule has 1 aliphatic heterocycles. The molecule has 0 saturated carbocycles. The number of nitrogens with zero attached hydrogens (tertiary/aromatic N) is 3. The molecule has 0 aliphatic carbocycles. The van der Waals surface area contributed by atoms with Crippen LogP contribution in [0.5, 0.6) is 0 Å². The zero-order valence-electron chi connectivity index (χ0n) is 8.92. The van der Waals surface area contributed by atoms with E-state index in [1.165, 1.54) is 6.07 Å². The van der Waals surface area contributed by atoms with Crippen LogP contribution in [0, 0.1) is 0 Å². The number of hydrogen-bond donors (Lipinski definition) is 0. The Hall–Kier alpha value is -2.10. The average molecular weight is 213 g/mol. The van der Waals surface area contributed by atoms with E-state index in [0.717, 1.165) is 11.3 Å². The fraction of sp³-hybridized carbons (Fsp3) is 0.167. The molecule has 1 aromatic heterocycles. The Morgan fingerprint density at radius 3 is 2.94 bits per heavy atom. The van der Waals surface area contributed by atoms with Gasteiger partial charge in [0.25, 0.3) is 5.56 Å². The SMILES string of the molecule is CN1c2ccccc2Cn2c1nccc2=O. The predicted octanol–water partition coefficient (Wildman–Crippen LogP) is 1.37. The van der Waals surface area contributed by atoms with E-state index in [9.17, 15) is 4.79 Å². The van der Waals surface area contributed by atoms with Crippen LogP contribution in [0.15, 0.2) is 41.3 Å². The maximum atomic E-state index is 11.7. The molecule has 0 saturated heterocycles. The van der Waals surface area contributed by atoms with E-state index in [0.29, 0.717) is 12.5 Å². The van der Waals surface area contributed by atoms with Crippen LogP contribution in [0.3, 0.4) is 0 Å². The topological polar surface area (TPSA) is 38.1 Å². The van der Waals surface area contributed by atoms with E-state index >= 15 is 0 Å². The summed E-state index contributed by atoms with van der Waals surface area (Å²) in [6.07, 6.45) is 1.55. The van der Waals surface area contributed by atoms with Crippen LogP contribution < -0.4 is 10.5 Å². The molecule has 2 heterocycles. The van der Waals surface area contributed by atoms with Gasteiger partial charge in [0, 0.05) is 25.0 Å². The zero-order valence-corrected chi connectivity index (χ0v) is 8.92. The van der Waals surface area contributed by atoms with Crippen molar-refractivity contribution in [3.05, 3.63) is 52.4 Å². The van der Waals surface area contributed by atoms with Gasteiger partial charge in [-0.25, -0.2) is 4.98 Å². The van der Waals surface area contributed by atoms with E-state index in [2.05, 4.69) is 4.98 Å². The Morgan fingerprint density at radius 2 is 2.06 bits per heavy atom. The van der Waals surface area contributed by atoms with Crippen LogP contribution in [0.1, 0.15) is 5.56 Å². The Balaban J connectivity index is 2.26. The van der Waals surface area contributed by atoms with Crippen molar-refractivity contribution >= 4 is 11.6 Å². The van der Waals surface area contributed by atoms with E-state index in [4.69, 9.17) is 0 Å². The van der Waals surface area contributed by atoms with Crippen molar-refractivity contribution in [1.29, 1.82) is 0 Å². The lowest BCUT2D eigenvalue weighted by Crippen LogP contribution is -2.32. The lowest BCUT2D eigenvalue weighted by atomic mass is 10.1. The Labute approximate surface area is 92.8 Å². The Bertz CT molecular complexity index is 603. The summed E-state index contributed by atoms with van der Waals surface area (Å²) in [5.74, 6) is 0.700. The van der Waals surface area contributed by atoms with Gasteiger partial charge in [-0.3, -0.25) is 9.36 Å². The monoisotopic (exact) mass is 213 g/mol. The third kappa shape index (κ3) is 1.16. The predicted molar refractivity (Wildman–Crippen MR) is 62.1 cm³/mol. The molecule has 3 rings (SSSR count). The van der Waals surface area contributed by atoms with Gasteiger partial charge < -0.3 is 4.90 Å². The van der Waals surface area contributed by atoms with Crippen molar-refractivity contribution < 1.29 is 0 Å². The smallest absolute Gasteiger partial charge is 0.255 e. The molecule has 0 fully saturated rings. The highest BCUT2D eigenvalue weighted by molar-refractivity contribution is 5.63. The first-order valence-corrected chi connectivity index (χ1v) is 5.15. The first-order valence-electron chi connectivity index (χ1n) is 5.15. The molecule has 0 spiro atoms. The standard InChI is InChI=1S/C12H11N3O/c1-14-10-5-3-2-4-9(10)8-15-11(16)6-7-13-12(14)15/h2-7H,8H2,1H3. The van der Waals surface area contributed by atoms with E-state index in [-0.39, 0.29) is 5.56 Å². The zero-order chi connectivity index (χ0) is 11.1. The van der Waals surface area contributed by atoms with Crippen LogP contribution in [-0.4, -0.2) is 16.6 Å². The summed E-state index contributed by atoms with van der Waals surface area (Å²) in [6, 6.07) is 9.54. The molecule has 16 heavy (non-hydrogen) atoms. The summed E-state index contributed by atoms with van der Waals surface area (Å²) in [6.45, 7) is 0.600. The number of hydrogen-bond acceptors (Lipinski definition) is 3. The van der Waals surface area contributed by atoms with Crippen molar-refractivity contribution in [3.8, 4) is 0 Å². The Morgan fingerprint density at radius 1 is 1.25 bits per heavy atom. The van der Waals surface area contributed by atoms with Gasteiger partial charge in [-0.15, -0.1) is 0 Å². The van der Waals surface area contributed by atoms with E-state index in [1.54, 1.807) is 10.8 Å². The second-order valence-electron chi connectivity index (χ2n) is 3.86. The summed E-state index contributed by atoms with van der Waals surface area (Å²) in [5.41, 5.74) is 2.25. The molecule has 1 aromatic carbocycles. The number of anilines is 2. The second kappa shape index (κ2) is 3.20. The largest absolute Gasteiger partial charge is 0.315 e. The molecule has 0 amide bonds. The first kappa shape index (κ1) is 9.15. The first-order chi connectivity index (χ1) is 7.77. The maximum absolute atomic E-state index is 11.7. The van der Waals surface area contributed by atoms with Gasteiger partial charge in [0.2, 0.25) is 5.95 Å². The van der Waals surface area contributed by atoms with Crippen LogP contribution in [-0.2, 0) is 6.54 Å². The van der Waals surface area contributed by atoms with Crippen molar-refractivity contribution in [2.24, 2.45) is 0 Å². The molecular formula is C12H11N3O. The molecule has 0 bridgehead atoms. The molecule has 0 unspecified atom stereocenters. The highest BCUT2D eigenvalue weighted by Crippen LogP contribution is 2.29. The number of aromatic nitrogens is 2. The van der Waals surface area contributed by atoms with Crippen LogP contribution in [0.4, 0.5) is 11.6 Å². The third-order valence-electron chi connectivity index (χ3n) is 2.90. The molecule has 0 atom stereocenters. The van der Waals surface area contributed by atoms with Gasteiger partial charge in [-0.05, 0) is 11.6 Å². The van der Waals surface area contributed by atoms with Crippen molar-refractivity contribution in [1.82, 2.24) is 9.55 Å². The summed E-state index contributed by atoms with van der Waals surface area (Å²) in [5, 5.41) is 0. The van der Waals surface area contributed by atoms with Crippen molar-refractivity contribution in [2.45, 2.75) is 6.54 Å². The summed E-state index contributed by atoms with van der Waals surface area (Å²) >= 11 is 0. The second-order valence-corrected chi connectivity index (χ2v) is 3.86. The molecule has 4 heteroatoms. The van der Waals surface area contributed by atoms with Gasteiger partial charge in [0.05, 0.1) is 6.54 Å². The van der Waals surface area contributed by atoms with E-state index in [1.807, 2.05) is 36.2 Å². The van der Waals surface area contributed by atoms with Gasteiger partial charge in [-0.2, -0.15) is 0 Å². The molecule has 0 radical (unpaired) electrons. The molecule has 4 nitrogen and oxygen atoms in total. The van der Waals surface area contributed by atoms with Crippen LogP contribution in [0.25, 0.3) is 0 Å². The molecule has 1 aliphatic rings. The van der Waals surface area contributed by atoms with Gasteiger partial charge in [0.15, 0.2) is 0 Å². The molecule has 0 N–H and O–H groups in total. The average Bonchev–Trinajstić information content (AvgIpc) is 2.31. The molecule has 80 valence electrons. The highest BCUT2D eigenvalue weighted by atomic mass is 16.1. The fourth-order valence-corrected chi connectivity index (χ4v) is 2.09. The van der Waals surface area contributed by atoms with E-state index < -0.39 is 0 Å². The number of benzene rings is 1. The van der Waals surface area contributed by atoms with Crippen LogP contribution >= 0.6 is 0 Å². The number of rotatable bonds is 0. The molecular weight excluding hydrogens is 202 g/mol. The number of fused-ring (bicyclic) bond motifs is 2. The quantitative estimate of drug-likeness (QED) is 0.663. The molecule has 2 aromatic rings. The van der Waals surface area contributed by atoms with Gasteiger partial charge >= 0.3 is 0 Å². The maximum Gasteiger partial charge on any atom is 0.255 e. The summed E-state index contributed by atoms with van der Waals surface area (Å²) in [4.78, 5) is 17.9. The number of para-hydroxylation sites is 1. The minimum Gasteiger partial charge on any atom is -0.315 e. The minimum atomic E-state index is -0.00801. The van der Waals surface area contributed by atoms with Crippen molar-refractivity contribution in [3.63, 3.8) is 0 Å². The Kier molecular flexibility index (Phi) is 1.83. The van der Waals surface area contributed by atoms with Crippen molar-refractivity contribution in [2.75, 3.05) is 11.9 Å². The summed E-state index contributed by atoms with van der Waals surface area (Å²) in [7, 11) is 1.93.